The van der Waals surface area contributed by atoms with E-state index in [0.29, 0.717) is 16.6 Å². The highest BCUT2D eigenvalue weighted by atomic mass is 32.2. The van der Waals surface area contributed by atoms with Gasteiger partial charge in [-0.2, -0.15) is 0 Å². The Morgan fingerprint density at radius 3 is 2.83 bits per heavy atom. The Labute approximate surface area is 111 Å². The fraction of sp³-hybridized carbons (Fsp3) is 0.455. The Kier molecular flexibility index (Phi) is 3.54. The summed E-state index contributed by atoms with van der Waals surface area (Å²) in [5, 5.41) is 0. The van der Waals surface area contributed by atoms with Crippen molar-refractivity contribution in [1.82, 2.24) is 9.88 Å². The van der Waals surface area contributed by atoms with E-state index in [2.05, 4.69) is 4.98 Å². The van der Waals surface area contributed by atoms with Gasteiger partial charge in [-0.3, -0.25) is 4.79 Å². The van der Waals surface area contributed by atoms with Crippen molar-refractivity contribution in [3.8, 4) is 0 Å². The molecule has 2 heterocycles. The van der Waals surface area contributed by atoms with E-state index in [9.17, 15) is 13.2 Å². The van der Waals surface area contributed by atoms with Crippen LogP contribution in [0.1, 0.15) is 16.8 Å². The molecule has 0 radical (unpaired) electrons. The molecule has 1 aromatic rings. The van der Waals surface area contributed by atoms with Gasteiger partial charge in [0.25, 0.3) is 5.91 Å². The summed E-state index contributed by atoms with van der Waals surface area (Å²) in [5.41, 5.74) is 0.402. The first-order chi connectivity index (χ1) is 8.41. The van der Waals surface area contributed by atoms with Gasteiger partial charge in [0, 0.05) is 19.3 Å². The molecule has 0 aromatic carbocycles. The van der Waals surface area contributed by atoms with Gasteiger partial charge in [-0.1, -0.05) is 12.2 Å². The van der Waals surface area contributed by atoms with Gasteiger partial charge in [-0.15, -0.1) is 0 Å². The molecule has 7 heteroatoms. The van der Waals surface area contributed by atoms with Gasteiger partial charge in [0.15, 0.2) is 9.84 Å². The molecule has 1 atom stereocenters. The Morgan fingerprint density at radius 2 is 2.28 bits per heavy atom. The maximum Gasteiger partial charge on any atom is 0.256 e. The first-order valence-electron chi connectivity index (χ1n) is 5.56. The Morgan fingerprint density at radius 1 is 1.56 bits per heavy atom. The fourth-order valence-electron chi connectivity index (χ4n) is 2.03. The molecule has 1 aromatic heterocycles. The van der Waals surface area contributed by atoms with E-state index in [1.807, 2.05) is 0 Å². The number of H-pyrrole nitrogens is 1. The van der Waals surface area contributed by atoms with Crippen LogP contribution < -0.4 is 0 Å². The van der Waals surface area contributed by atoms with E-state index < -0.39 is 9.84 Å². The third-order valence-electron chi connectivity index (χ3n) is 3.13. The summed E-state index contributed by atoms with van der Waals surface area (Å²) in [5.74, 6) is -0.0471. The molecule has 0 saturated carbocycles. The van der Waals surface area contributed by atoms with Crippen LogP contribution in [-0.2, 0) is 9.84 Å². The molecule has 1 saturated heterocycles. The third kappa shape index (κ3) is 2.62. The van der Waals surface area contributed by atoms with Gasteiger partial charge in [0.1, 0.15) is 4.64 Å². The highest BCUT2D eigenvalue weighted by Crippen LogP contribution is 2.18. The normalized spacial score (nSPS) is 21.7. The first kappa shape index (κ1) is 13.2. The van der Waals surface area contributed by atoms with E-state index in [4.69, 9.17) is 12.2 Å². The van der Waals surface area contributed by atoms with Crippen LogP contribution in [-0.4, -0.2) is 48.8 Å². The minimum Gasteiger partial charge on any atom is -0.352 e. The molecule has 1 amide bonds. The second-order valence-corrected chi connectivity index (χ2v) is 7.02. The van der Waals surface area contributed by atoms with Crippen LogP contribution in [0, 0.1) is 4.64 Å². The molecule has 2 rings (SSSR count). The van der Waals surface area contributed by atoms with Crippen LogP contribution >= 0.6 is 12.2 Å². The largest absolute Gasteiger partial charge is 0.352 e. The second-order valence-electron chi connectivity index (χ2n) is 4.39. The average molecular weight is 286 g/mol. The monoisotopic (exact) mass is 286 g/mol. The standard InChI is InChI=1S/C11H14N2O3S2/c1-13(8-4-6-18(15,16)7-8)11(14)9-3-2-5-12-10(9)17/h2-3,5,8H,4,6-7H2,1H3,(H,12,17). The van der Waals surface area contributed by atoms with Crippen molar-refractivity contribution in [2.75, 3.05) is 18.6 Å². The van der Waals surface area contributed by atoms with Crippen molar-refractivity contribution in [2.45, 2.75) is 12.5 Å². The average Bonchev–Trinajstić information content (AvgIpc) is 2.68. The smallest absolute Gasteiger partial charge is 0.256 e. The number of rotatable bonds is 2. The molecule has 0 bridgehead atoms. The van der Waals surface area contributed by atoms with Crippen molar-refractivity contribution in [3.63, 3.8) is 0 Å². The molecule has 5 nitrogen and oxygen atoms in total. The predicted octanol–water partition coefficient (Wildman–Crippen LogP) is 1.00. The van der Waals surface area contributed by atoms with Gasteiger partial charge in [0.05, 0.1) is 17.1 Å². The topological polar surface area (TPSA) is 70.2 Å². The Hall–Kier alpha value is -1.21. The zero-order valence-corrected chi connectivity index (χ0v) is 11.6. The number of sulfone groups is 1. The van der Waals surface area contributed by atoms with E-state index >= 15 is 0 Å². The zero-order chi connectivity index (χ0) is 13.3. The number of carbonyl (C=O) groups excluding carboxylic acids is 1. The van der Waals surface area contributed by atoms with Gasteiger partial charge in [-0.05, 0) is 18.6 Å². The molecular formula is C11H14N2O3S2. The highest BCUT2D eigenvalue weighted by Gasteiger charge is 2.33. The summed E-state index contributed by atoms with van der Waals surface area (Å²) in [4.78, 5) is 16.5. The number of aromatic nitrogens is 1. The Balaban J connectivity index is 2.21. The minimum absolute atomic E-state index is 0.0402. The molecule has 1 fully saturated rings. The number of nitrogens with one attached hydrogen (secondary N) is 1. The molecule has 18 heavy (non-hydrogen) atoms. The van der Waals surface area contributed by atoms with Crippen molar-refractivity contribution < 1.29 is 13.2 Å². The van der Waals surface area contributed by atoms with Crippen LogP contribution in [0.15, 0.2) is 18.3 Å². The second kappa shape index (κ2) is 4.81. The van der Waals surface area contributed by atoms with Gasteiger partial charge >= 0.3 is 0 Å². The molecule has 1 aliphatic rings. The summed E-state index contributed by atoms with van der Waals surface area (Å²) < 4.78 is 23.2. The number of carbonyl (C=O) groups is 1. The van der Waals surface area contributed by atoms with Crippen molar-refractivity contribution in [1.29, 1.82) is 0 Å². The molecule has 98 valence electrons. The summed E-state index contributed by atoms with van der Waals surface area (Å²) in [6.07, 6.45) is 2.15. The molecule has 1 N–H and O–H groups in total. The van der Waals surface area contributed by atoms with Gasteiger partial charge in [-0.25, -0.2) is 8.42 Å². The van der Waals surface area contributed by atoms with Crippen LogP contribution in [0.3, 0.4) is 0 Å². The molecule has 0 aliphatic carbocycles. The number of hydrogen-bond donors (Lipinski definition) is 1. The zero-order valence-electron chi connectivity index (χ0n) is 9.92. The van der Waals surface area contributed by atoms with Crippen LogP contribution in [0.5, 0.6) is 0 Å². The summed E-state index contributed by atoms with van der Waals surface area (Å²) in [7, 11) is -1.37. The predicted molar refractivity (Wildman–Crippen MR) is 70.8 cm³/mol. The minimum atomic E-state index is -2.99. The highest BCUT2D eigenvalue weighted by molar-refractivity contribution is 7.91. The van der Waals surface area contributed by atoms with Crippen LogP contribution in [0.4, 0.5) is 0 Å². The molecule has 1 unspecified atom stereocenters. The lowest BCUT2D eigenvalue weighted by molar-refractivity contribution is 0.0746. The lowest BCUT2D eigenvalue weighted by Crippen LogP contribution is -2.38. The van der Waals surface area contributed by atoms with Crippen molar-refractivity contribution >= 4 is 28.0 Å². The number of amides is 1. The number of aromatic amines is 1. The van der Waals surface area contributed by atoms with Crippen LogP contribution in [0.25, 0.3) is 0 Å². The van der Waals surface area contributed by atoms with Crippen molar-refractivity contribution in [3.05, 3.63) is 28.5 Å². The summed E-state index contributed by atoms with van der Waals surface area (Å²) in [6.45, 7) is 0. The molecule has 0 spiro atoms. The maximum atomic E-state index is 12.2. The fourth-order valence-corrected chi connectivity index (χ4v) is 4.02. The van der Waals surface area contributed by atoms with E-state index in [0.717, 1.165) is 0 Å². The number of hydrogen-bond acceptors (Lipinski definition) is 4. The maximum absolute atomic E-state index is 12.2. The quantitative estimate of drug-likeness (QED) is 0.824. The third-order valence-corrected chi connectivity index (χ3v) is 5.21. The first-order valence-corrected chi connectivity index (χ1v) is 7.79. The summed E-state index contributed by atoms with van der Waals surface area (Å²) in [6, 6.07) is 3.08. The SMILES string of the molecule is CN(C(=O)c1ccc[nH]c1=S)C1CCS(=O)(=O)C1. The summed E-state index contributed by atoms with van der Waals surface area (Å²) >= 11 is 5.05. The van der Waals surface area contributed by atoms with Crippen molar-refractivity contribution in [2.24, 2.45) is 0 Å². The van der Waals surface area contributed by atoms with E-state index in [-0.39, 0.29) is 23.5 Å². The Bertz CT molecular complexity index is 621. The van der Waals surface area contributed by atoms with Gasteiger partial charge in [0.2, 0.25) is 0 Å². The van der Waals surface area contributed by atoms with Crippen LogP contribution in [0.2, 0.25) is 0 Å². The lowest BCUT2D eigenvalue weighted by atomic mass is 10.2. The number of pyridine rings is 1. The molecule has 1 aliphatic heterocycles. The lowest BCUT2D eigenvalue weighted by Gasteiger charge is -2.23. The van der Waals surface area contributed by atoms with E-state index in [1.165, 1.54) is 4.90 Å². The number of nitrogens with zero attached hydrogens (tertiary/aromatic N) is 1. The van der Waals surface area contributed by atoms with E-state index in [1.54, 1.807) is 25.4 Å². The van der Waals surface area contributed by atoms with Gasteiger partial charge < -0.3 is 9.88 Å². The molecular weight excluding hydrogens is 272 g/mol.